The van der Waals surface area contributed by atoms with Crippen molar-refractivity contribution in [2.24, 2.45) is 0 Å². The lowest BCUT2D eigenvalue weighted by molar-refractivity contribution is -0.136. The molecule has 0 aliphatic heterocycles. The zero-order valence-electron chi connectivity index (χ0n) is 11.6. The molecule has 1 aromatic carbocycles. The summed E-state index contributed by atoms with van der Waals surface area (Å²) < 4.78 is 28.1. The molecule has 0 bridgehead atoms. The number of halogens is 3. The van der Waals surface area contributed by atoms with E-state index in [9.17, 15) is 18.4 Å². The SMILES string of the molecule is O=C(O)Cc1nc(NCC(F)(F)c2ccccc2)c(=O)[nH]c1Cl. The average molecular weight is 344 g/mol. The Morgan fingerprint density at radius 1 is 1.35 bits per heavy atom. The van der Waals surface area contributed by atoms with E-state index in [2.05, 4.69) is 15.3 Å². The van der Waals surface area contributed by atoms with Crippen LogP contribution in [-0.4, -0.2) is 27.6 Å². The van der Waals surface area contributed by atoms with E-state index in [1.54, 1.807) is 6.07 Å². The third-order valence-electron chi connectivity index (χ3n) is 2.93. The number of benzene rings is 1. The quantitative estimate of drug-likeness (QED) is 0.747. The summed E-state index contributed by atoms with van der Waals surface area (Å²) in [6.45, 7) is -0.874. The van der Waals surface area contributed by atoms with Crippen molar-refractivity contribution in [1.29, 1.82) is 0 Å². The predicted octanol–water partition coefficient (Wildman–Crippen LogP) is 2.25. The minimum atomic E-state index is -3.23. The summed E-state index contributed by atoms with van der Waals surface area (Å²) in [7, 11) is 0. The lowest BCUT2D eigenvalue weighted by Gasteiger charge is -2.17. The fourth-order valence-corrected chi connectivity index (χ4v) is 2.02. The topological polar surface area (TPSA) is 95.1 Å². The van der Waals surface area contributed by atoms with E-state index in [1.807, 2.05) is 0 Å². The van der Waals surface area contributed by atoms with E-state index >= 15 is 0 Å². The maximum atomic E-state index is 14.0. The number of hydrogen-bond acceptors (Lipinski definition) is 4. The molecule has 3 N–H and O–H groups in total. The molecule has 0 spiro atoms. The van der Waals surface area contributed by atoms with Crippen LogP contribution in [-0.2, 0) is 17.1 Å². The van der Waals surface area contributed by atoms with Gasteiger partial charge in [0.25, 0.3) is 11.5 Å². The van der Waals surface area contributed by atoms with Gasteiger partial charge in [0.1, 0.15) is 5.15 Å². The van der Waals surface area contributed by atoms with Crippen LogP contribution < -0.4 is 10.9 Å². The highest BCUT2D eigenvalue weighted by Gasteiger charge is 2.31. The highest BCUT2D eigenvalue weighted by atomic mass is 35.5. The number of carboxylic acid groups (broad SMARTS) is 1. The van der Waals surface area contributed by atoms with E-state index in [0.717, 1.165) is 0 Å². The first-order chi connectivity index (χ1) is 10.8. The van der Waals surface area contributed by atoms with Crippen LogP contribution in [0.2, 0.25) is 5.15 Å². The molecule has 0 saturated heterocycles. The Morgan fingerprint density at radius 2 is 2.00 bits per heavy atom. The van der Waals surface area contributed by atoms with E-state index in [4.69, 9.17) is 16.7 Å². The molecule has 0 amide bonds. The van der Waals surface area contributed by atoms with Gasteiger partial charge in [-0.3, -0.25) is 9.59 Å². The number of H-pyrrole nitrogens is 1. The molecule has 0 atom stereocenters. The Labute approximate surface area is 134 Å². The molecular formula is C14H12ClF2N3O3. The van der Waals surface area contributed by atoms with Crippen molar-refractivity contribution in [1.82, 2.24) is 9.97 Å². The van der Waals surface area contributed by atoms with Crippen molar-refractivity contribution in [3.63, 3.8) is 0 Å². The van der Waals surface area contributed by atoms with Crippen LogP contribution in [0.1, 0.15) is 11.3 Å². The van der Waals surface area contributed by atoms with E-state index in [-0.39, 0.29) is 16.4 Å². The normalized spacial score (nSPS) is 11.3. The maximum absolute atomic E-state index is 14.0. The van der Waals surface area contributed by atoms with Gasteiger partial charge in [0.15, 0.2) is 5.82 Å². The average Bonchev–Trinajstić information content (AvgIpc) is 2.49. The second-order valence-electron chi connectivity index (χ2n) is 4.67. The highest BCUT2D eigenvalue weighted by Crippen LogP contribution is 2.27. The highest BCUT2D eigenvalue weighted by molar-refractivity contribution is 6.30. The number of rotatable bonds is 6. The Kier molecular flexibility index (Phi) is 4.95. The fourth-order valence-electron chi connectivity index (χ4n) is 1.82. The first kappa shape index (κ1) is 16.9. The predicted molar refractivity (Wildman–Crippen MR) is 80.0 cm³/mol. The minimum absolute atomic E-state index is 0.121. The van der Waals surface area contributed by atoms with Crippen LogP contribution >= 0.6 is 11.6 Å². The molecule has 0 unspecified atom stereocenters. The monoisotopic (exact) mass is 343 g/mol. The molecule has 0 aliphatic carbocycles. The van der Waals surface area contributed by atoms with Gasteiger partial charge in [-0.1, -0.05) is 41.9 Å². The number of aromatic amines is 1. The molecule has 0 aliphatic rings. The van der Waals surface area contributed by atoms with Crippen LogP contribution in [0.5, 0.6) is 0 Å². The van der Waals surface area contributed by atoms with Crippen molar-refractivity contribution in [2.75, 3.05) is 11.9 Å². The molecule has 0 radical (unpaired) electrons. The van der Waals surface area contributed by atoms with Gasteiger partial charge in [-0.25, -0.2) is 4.98 Å². The van der Waals surface area contributed by atoms with Gasteiger partial charge in [-0.15, -0.1) is 0 Å². The fraction of sp³-hybridized carbons (Fsp3) is 0.214. The number of carbonyl (C=O) groups is 1. The molecule has 9 heteroatoms. The molecule has 2 rings (SSSR count). The Morgan fingerprint density at radius 3 is 2.61 bits per heavy atom. The van der Waals surface area contributed by atoms with Crippen molar-refractivity contribution in [3.8, 4) is 0 Å². The third kappa shape index (κ3) is 4.26. The van der Waals surface area contributed by atoms with Crippen LogP contribution in [0.25, 0.3) is 0 Å². The summed E-state index contributed by atoms with van der Waals surface area (Å²) in [5.41, 5.74) is -1.15. The lowest BCUT2D eigenvalue weighted by atomic mass is 10.1. The molecule has 2 aromatic rings. The van der Waals surface area contributed by atoms with E-state index in [0.29, 0.717) is 0 Å². The van der Waals surface area contributed by atoms with Crippen LogP contribution in [0.3, 0.4) is 0 Å². The number of nitrogens with zero attached hydrogens (tertiary/aromatic N) is 1. The Hall–Kier alpha value is -2.48. The van der Waals surface area contributed by atoms with Gasteiger partial charge in [0, 0.05) is 5.56 Å². The molecule has 1 aromatic heterocycles. The van der Waals surface area contributed by atoms with Crippen molar-refractivity contribution >= 4 is 23.4 Å². The Bertz CT molecular complexity index is 766. The van der Waals surface area contributed by atoms with E-state index < -0.39 is 36.2 Å². The number of alkyl halides is 2. The van der Waals surface area contributed by atoms with Gasteiger partial charge in [-0.05, 0) is 0 Å². The summed E-state index contributed by atoms with van der Waals surface area (Å²) in [6.07, 6.45) is -0.542. The first-order valence-electron chi connectivity index (χ1n) is 6.47. The van der Waals surface area contributed by atoms with Crippen LogP contribution in [0.15, 0.2) is 35.1 Å². The molecular weight excluding hydrogens is 332 g/mol. The molecule has 0 fully saturated rings. The van der Waals surface area contributed by atoms with Crippen molar-refractivity contribution < 1.29 is 18.7 Å². The van der Waals surface area contributed by atoms with Gasteiger partial charge < -0.3 is 15.4 Å². The zero-order chi connectivity index (χ0) is 17.0. The smallest absolute Gasteiger partial charge is 0.309 e. The summed E-state index contributed by atoms with van der Waals surface area (Å²) in [5, 5.41) is 10.7. The minimum Gasteiger partial charge on any atom is -0.481 e. The standard InChI is InChI=1S/C14H12ClF2N3O3/c15-11-9(6-10(21)22)19-12(13(23)20-11)18-7-14(16,17)8-4-2-1-3-5-8/h1-5H,6-7H2,(H,18,19)(H,20,23)(H,21,22). The summed E-state index contributed by atoms with van der Waals surface area (Å²) >= 11 is 5.67. The van der Waals surface area contributed by atoms with Crippen LogP contribution in [0, 0.1) is 0 Å². The second kappa shape index (κ2) is 6.74. The van der Waals surface area contributed by atoms with Gasteiger partial charge in [-0.2, -0.15) is 8.78 Å². The molecule has 1 heterocycles. The van der Waals surface area contributed by atoms with Gasteiger partial charge in [0.05, 0.1) is 18.7 Å². The van der Waals surface area contributed by atoms with Crippen molar-refractivity contribution in [2.45, 2.75) is 12.3 Å². The lowest BCUT2D eigenvalue weighted by Crippen LogP contribution is -2.28. The van der Waals surface area contributed by atoms with Gasteiger partial charge in [0.2, 0.25) is 0 Å². The summed E-state index contributed by atoms with van der Waals surface area (Å²) in [4.78, 5) is 28.2. The number of hydrogen-bond donors (Lipinski definition) is 3. The van der Waals surface area contributed by atoms with Crippen molar-refractivity contribution in [3.05, 3.63) is 57.1 Å². The second-order valence-corrected chi connectivity index (χ2v) is 5.05. The third-order valence-corrected chi connectivity index (χ3v) is 3.24. The number of aromatic nitrogens is 2. The zero-order valence-corrected chi connectivity index (χ0v) is 12.4. The number of nitrogens with one attached hydrogen (secondary N) is 2. The first-order valence-corrected chi connectivity index (χ1v) is 6.85. The maximum Gasteiger partial charge on any atom is 0.309 e. The van der Waals surface area contributed by atoms with E-state index in [1.165, 1.54) is 24.3 Å². The molecule has 0 saturated carbocycles. The Balaban J connectivity index is 2.20. The summed E-state index contributed by atoms with van der Waals surface area (Å²) in [5.74, 6) is -4.87. The van der Waals surface area contributed by atoms with Gasteiger partial charge >= 0.3 is 5.97 Å². The van der Waals surface area contributed by atoms with Crippen LogP contribution in [0.4, 0.5) is 14.6 Å². The number of anilines is 1. The molecule has 122 valence electrons. The number of carboxylic acids is 1. The summed E-state index contributed by atoms with van der Waals surface area (Å²) in [6, 6.07) is 7.08. The number of aliphatic carboxylic acids is 1. The molecule has 6 nitrogen and oxygen atoms in total. The molecule has 23 heavy (non-hydrogen) atoms. The largest absolute Gasteiger partial charge is 0.481 e.